The van der Waals surface area contributed by atoms with E-state index in [-0.39, 0.29) is 17.7 Å². The van der Waals surface area contributed by atoms with Crippen molar-refractivity contribution in [2.45, 2.75) is 46.3 Å². The van der Waals surface area contributed by atoms with Crippen LogP contribution in [0.1, 0.15) is 38.3 Å². The van der Waals surface area contributed by atoms with Crippen molar-refractivity contribution in [2.24, 2.45) is 11.0 Å². The summed E-state index contributed by atoms with van der Waals surface area (Å²) in [5.74, 6) is 0.879. The second kappa shape index (κ2) is 11.4. The van der Waals surface area contributed by atoms with Gasteiger partial charge in [-0.25, -0.2) is 5.43 Å². The molecule has 1 aliphatic rings. The molecule has 2 amide bonds. The van der Waals surface area contributed by atoms with Gasteiger partial charge in [-0.15, -0.1) is 0 Å². The van der Waals surface area contributed by atoms with Crippen LogP contribution in [0.25, 0.3) is 0 Å². The third-order valence-electron chi connectivity index (χ3n) is 5.05. The lowest BCUT2D eigenvalue weighted by Crippen LogP contribution is -2.49. The Labute approximate surface area is 208 Å². The fourth-order valence-electron chi connectivity index (χ4n) is 3.25. The number of fused-ring (bicyclic) bond motifs is 1. The lowest BCUT2D eigenvalue weighted by atomic mass is 10.0. The molecule has 0 unspecified atom stereocenters. The Morgan fingerprint density at radius 2 is 1.82 bits per heavy atom. The number of halogens is 2. The standard InChI is InChI=1S/C24H27Cl2N3O5/c1-13(2)7-19(28-23(30)15(4)34-20-6-5-17(25)10-18(20)26)24(31)29-27-11-16-9-22-21(8-14(16)3)32-12-33-22/h5-6,8-11,13,15,19H,7,12H2,1-4H3,(H,28,30)(H,29,31)/b27-11-/t15-,19+/m1/s1. The number of nitrogens with one attached hydrogen (secondary N) is 2. The highest BCUT2D eigenvalue weighted by Crippen LogP contribution is 2.34. The number of hydrogen-bond donors (Lipinski definition) is 2. The Hall–Kier alpha value is -2.97. The Balaban J connectivity index is 1.62. The Morgan fingerprint density at radius 1 is 1.12 bits per heavy atom. The molecule has 2 atom stereocenters. The zero-order valence-electron chi connectivity index (χ0n) is 19.4. The Kier molecular flexibility index (Phi) is 8.63. The number of ether oxygens (including phenoxy) is 3. The van der Waals surface area contributed by atoms with Gasteiger partial charge in [0, 0.05) is 10.6 Å². The summed E-state index contributed by atoms with van der Waals surface area (Å²) in [7, 11) is 0. The molecule has 2 N–H and O–H groups in total. The van der Waals surface area contributed by atoms with E-state index in [0.29, 0.717) is 28.7 Å². The first-order valence-corrected chi connectivity index (χ1v) is 11.5. The maximum absolute atomic E-state index is 12.8. The summed E-state index contributed by atoms with van der Waals surface area (Å²) in [6.07, 6.45) is 1.06. The molecular weight excluding hydrogens is 481 g/mol. The van der Waals surface area contributed by atoms with Crippen LogP contribution >= 0.6 is 23.2 Å². The van der Waals surface area contributed by atoms with Crippen molar-refractivity contribution in [3.63, 3.8) is 0 Å². The largest absolute Gasteiger partial charge is 0.479 e. The van der Waals surface area contributed by atoms with E-state index in [1.165, 1.54) is 12.3 Å². The van der Waals surface area contributed by atoms with Crippen molar-refractivity contribution in [3.8, 4) is 17.2 Å². The number of carbonyl (C=O) groups is 2. The molecule has 0 aromatic heterocycles. The Morgan fingerprint density at radius 3 is 2.50 bits per heavy atom. The second-order valence-electron chi connectivity index (χ2n) is 8.32. The predicted octanol–water partition coefficient (Wildman–Crippen LogP) is 4.48. The smallest absolute Gasteiger partial charge is 0.262 e. The highest BCUT2D eigenvalue weighted by atomic mass is 35.5. The average molecular weight is 508 g/mol. The van der Waals surface area contributed by atoms with Crippen LogP contribution in [0.3, 0.4) is 0 Å². The summed E-state index contributed by atoms with van der Waals surface area (Å²) in [5.41, 5.74) is 4.20. The number of nitrogens with zero attached hydrogens (tertiary/aromatic N) is 1. The average Bonchev–Trinajstić information content (AvgIpc) is 3.21. The van der Waals surface area contributed by atoms with Gasteiger partial charge in [-0.1, -0.05) is 37.0 Å². The van der Waals surface area contributed by atoms with Gasteiger partial charge in [0.1, 0.15) is 11.8 Å². The number of carbonyl (C=O) groups excluding carboxylic acids is 2. The monoisotopic (exact) mass is 507 g/mol. The molecule has 3 rings (SSSR count). The third kappa shape index (κ3) is 6.77. The third-order valence-corrected chi connectivity index (χ3v) is 5.58. The van der Waals surface area contributed by atoms with Crippen molar-refractivity contribution in [1.82, 2.24) is 10.7 Å². The van der Waals surface area contributed by atoms with Gasteiger partial charge < -0.3 is 19.5 Å². The topological polar surface area (TPSA) is 98.3 Å². The molecule has 8 nitrogen and oxygen atoms in total. The first-order valence-electron chi connectivity index (χ1n) is 10.8. The molecule has 0 bridgehead atoms. The van der Waals surface area contributed by atoms with Crippen molar-refractivity contribution in [2.75, 3.05) is 6.79 Å². The summed E-state index contributed by atoms with van der Waals surface area (Å²) in [6, 6.07) is 7.57. The molecule has 2 aromatic carbocycles. The van der Waals surface area contributed by atoms with Crippen molar-refractivity contribution in [3.05, 3.63) is 51.5 Å². The lowest BCUT2D eigenvalue weighted by Gasteiger charge is -2.22. The van der Waals surface area contributed by atoms with E-state index in [4.69, 9.17) is 37.4 Å². The van der Waals surface area contributed by atoms with Crippen LogP contribution in [-0.4, -0.2) is 37.0 Å². The van der Waals surface area contributed by atoms with Gasteiger partial charge in [-0.2, -0.15) is 5.10 Å². The molecule has 2 aromatic rings. The van der Waals surface area contributed by atoms with E-state index in [1.54, 1.807) is 25.1 Å². The first-order chi connectivity index (χ1) is 16.1. The van der Waals surface area contributed by atoms with Gasteiger partial charge in [0.25, 0.3) is 11.8 Å². The van der Waals surface area contributed by atoms with E-state index in [2.05, 4.69) is 15.8 Å². The van der Waals surface area contributed by atoms with Crippen LogP contribution in [0.15, 0.2) is 35.4 Å². The maximum atomic E-state index is 12.8. The van der Waals surface area contributed by atoms with Crippen LogP contribution in [0.5, 0.6) is 17.2 Å². The summed E-state index contributed by atoms with van der Waals surface area (Å²) >= 11 is 12.0. The quantitative estimate of drug-likeness (QED) is 0.385. The number of rotatable bonds is 9. The van der Waals surface area contributed by atoms with E-state index in [0.717, 1.165) is 11.1 Å². The summed E-state index contributed by atoms with van der Waals surface area (Å²) < 4.78 is 16.4. The van der Waals surface area contributed by atoms with E-state index in [1.807, 2.05) is 26.8 Å². The SMILES string of the molecule is Cc1cc2c(cc1/C=N\NC(=O)[C@H](CC(C)C)NC(=O)[C@@H](C)Oc1ccc(Cl)cc1Cl)OCO2. The summed E-state index contributed by atoms with van der Waals surface area (Å²) in [4.78, 5) is 25.5. The number of hydrazone groups is 1. The molecule has 0 spiro atoms. The van der Waals surface area contributed by atoms with Crippen LogP contribution in [0.4, 0.5) is 0 Å². The normalized spacial score (nSPS) is 14.2. The fourth-order valence-corrected chi connectivity index (χ4v) is 3.70. The maximum Gasteiger partial charge on any atom is 0.262 e. The highest BCUT2D eigenvalue weighted by Gasteiger charge is 2.25. The van der Waals surface area contributed by atoms with Crippen LogP contribution in [-0.2, 0) is 9.59 Å². The van der Waals surface area contributed by atoms with Crippen molar-refractivity contribution < 1.29 is 23.8 Å². The van der Waals surface area contributed by atoms with Gasteiger partial charge in [0.05, 0.1) is 11.2 Å². The summed E-state index contributed by atoms with van der Waals surface area (Å²) in [6.45, 7) is 7.57. The fraction of sp³-hybridized carbons (Fsp3) is 0.375. The molecule has 1 heterocycles. The minimum absolute atomic E-state index is 0.151. The van der Waals surface area contributed by atoms with Crippen LogP contribution in [0.2, 0.25) is 10.0 Å². The minimum Gasteiger partial charge on any atom is -0.479 e. The molecule has 1 aliphatic heterocycles. The van der Waals surface area contributed by atoms with Gasteiger partial charge in [0.2, 0.25) is 6.79 Å². The molecule has 0 fully saturated rings. The van der Waals surface area contributed by atoms with Gasteiger partial charge >= 0.3 is 0 Å². The predicted molar refractivity (Wildman–Crippen MR) is 131 cm³/mol. The molecule has 0 saturated heterocycles. The van der Waals surface area contributed by atoms with Gasteiger partial charge in [-0.3, -0.25) is 9.59 Å². The number of hydrogen-bond acceptors (Lipinski definition) is 6. The van der Waals surface area contributed by atoms with Gasteiger partial charge in [-0.05, 0) is 62.1 Å². The molecule has 0 saturated carbocycles. The highest BCUT2D eigenvalue weighted by molar-refractivity contribution is 6.35. The van der Waals surface area contributed by atoms with Crippen molar-refractivity contribution >= 4 is 41.2 Å². The number of amides is 2. The van der Waals surface area contributed by atoms with E-state index in [9.17, 15) is 9.59 Å². The molecule has 0 radical (unpaired) electrons. The molecule has 34 heavy (non-hydrogen) atoms. The zero-order valence-corrected chi connectivity index (χ0v) is 20.9. The number of aryl methyl sites for hydroxylation is 1. The molecular formula is C24H27Cl2N3O5. The Bertz CT molecular complexity index is 1090. The zero-order chi connectivity index (χ0) is 24.8. The summed E-state index contributed by atoms with van der Waals surface area (Å²) in [5, 5.41) is 7.55. The van der Waals surface area contributed by atoms with Crippen LogP contribution < -0.4 is 25.0 Å². The minimum atomic E-state index is -0.888. The van der Waals surface area contributed by atoms with Crippen molar-refractivity contribution in [1.29, 1.82) is 0 Å². The van der Waals surface area contributed by atoms with E-state index >= 15 is 0 Å². The van der Waals surface area contributed by atoms with Crippen LogP contribution in [0, 0.1) is 12.8 Å². The van der Waals surface area contributed by atoms with Gasteiger partial charge in [0.15, 0.2) is 17.6 Å². The molecule has 182 valence electrons. The second-order valence-corrected chi connectivity index (χ2v) is 9.17. The molecule has 10 heteroatoms. The first kappa shape index (κ1) is 25.6. The number of benzene rings is 2. The van der Waals surface area contributed by atoms with E-state index < -0.39 is 24.0 Å². The lowest BCUT2D eigenvalue weighted by molar-refractivity contribution is -0.132. The molecule has 0 aliphatic carbocycles.